The zero-order valence-electron chi connectivity index (χ0n) is 11.9. The van der Waals surface area contributed by atoms with Crippen molar-refractivity contribution in [2.24, 2.45) is 0 Å². The molecule has 1 aromatic carbocycles. The molecule has 1 aromatic rings. The van der Waals surface area contributed by atoms with Crippen LogP contribution in [0.15, 0.2) is 28.7 Å². The normalized spacial score (nSPS) is 20.7. The third kappa shape index (κ3) is 3.67. The molecular formula is C16H22BrNO. The Hall–Kier alpha value is -0.670. The number of carbonyl (C=O) groups excluding carboxylic acids is 1. The van der Waals surface area contributed by atoms with Crippen LogP contribution in [-0.2, 0) is 0 Å². The molecule has 2 nitrogen and oxygen atoms in total. The highest BCUT2D eigenvalue weighted by Crippen LogP contribution is 2.29. The number of rotatable bonds is 3. The van der Waals surface area contributed by atoms with E-state index < -0.39 is 0 Å². The van der Waals surface area contributed by atoms with E-state index in [1.165, 1.54) is 6.42 Å². The van der Waals surface area contributed by atoms with Gasteiger partial charge in [0.05, 0.1) is 0 Å². The second kappa shape index (κ2) is 5.76. The van der Waals surface area contributed by atoms with Crippen molar-refractivity contribution in [3.63, 3.8) is 0 Å². The van der Waals surface area contributed by atoms with Gasteiger partial charge in [-0.1, -0.05) is 28.1 Å². The molecule has 0 aromatic heterocycles. The molecule has 2 rings (SSSR count). The lowest BCUT2D eigenvalue weighted by molar-refractivity contribution is 0.0847. The van der Waals surface area contributed by atoms with Gasteiger partial charge in [0, 0.05) is 28.0 Å². The number of nitrogens with zero attached hydrogens (tertiary/aromatic N) is 1. The van der Waals surface area contributed by atoms with Crippen LogP contribution in [0, 0.1) is 0 Å². The molecule has 1 saturated heterocycles. The van der Waals surface area contributed by atoms with Gasteiger partial charge in [0.1, 0.15) is 0 Å². The van der Waals surface area contributed by atoms with Crippen molar-refractivity contribution in [1.82, 2.24) is 4.90 Å². The summed E-state index contributed by atoms with van der Waals surface area (Å²) < 4.78 is 1.02. The van der Waals surface area contributed by atoms with E-state index in [4.69, 9.17) is 0 Å². The lowest BCUT2D eigenvalue weighted by atomic mass is 9.98. The molecule has 0 radical (unpaired) electrons. The Bertz CT molecular complexity index is 447. The van der Waals surface area contributed by atoms with E-state index in [0.29, 0.717) is 12.5 Å². The van der Waals surface area contributed by atoms with Crippen molar-refractivity contribution in [2.75, 3.05) is 6.54 Å². The maximum atomic E-state index is 12.3. The maximum Gasteiger partial charge on any atom is 0.164 e. The number of carbonyl (C=O) groups is 1. The predicted octanol–water partition coefficient (Wildman–Crippen LogP) is 4.28. The van der Waals surface area contributed by atoms with Gasteiger partial charge >= 0.3 is 0 Å². The van der Waals surface area contributed by atoms with Gasteiger partial charge in [-0.3, -0.25) is 9.69 Å². The number of hydrogen-bond donors (Lipinski definition) is 0. The van der Waals surface area contributed by atoms with Crippen LogP contribution in [0.5, 0.6) is 0 Å². The molecule has 0 aliphatic carbocycles. The van der Waals surface area contributed by atoms with Crippen LogP contribution in [-0.4, -0.2) is 28.8 Å². The average molecular weight is 324 g/mol. The minimum absolute atomic E-state index is 0.154. The summed E-state index contributed by atoms with van der Waals surface area (Å²) in [4.78, 5) is 14.8. The van der Waals surface area contributed by atoms with E-state index in [1.54, 1.807) is 0 Å². The highest BCUT2D eigenvalue weighted by Gasteiger charge is 2.33. The summed E-state index contributed by atoms with van der Waals surface area (Å²) in [5.74, 6) is 0.258. The first-order chi connectivity index (χ1) is 8.88. The second-order valence-electron chi connectivity index (χ2n) is 6.29. The second-order valence-corrected chi connectivity index (χ2v) is 7.21. The number of Topliss-reactive ketones (excluding diaryl/α,β-unsaturated/α-hetero) is 1. The lowest BCUT2D eigenvalue weighted by Crippen LogP contribution is -2.45. The molecule has 1 aliphatic heterocycles. The van der Waals surface area contributed by atoms with Gasteiger partial charge in [0.2, 0.25) is 0 Å². The fourth-order valence-corrected chi connectivity index (χ4v) is 3.16. The van der Waals surface area contributed by atoms with Crippen molar-refractivity contribution in [2.45, 2.75) is 51.6 Å². The third-order valence-electron chi connectivity index (χ3n) is 3.83. The Balaban J connectivity index is 2.04. The zero-order valence-corrected chi connectivity index (χ0v) is 13.5. The third-order valence-corrected chi connectivity index (χ3v) is 4.35. The minimum atomic E-state index is 0.154. The summed E-state index contributed by atoms with van der Waals surface area (Å²) in [6.07, 6.45) is 2.98. The molecule has 19 heavy (non-hydrogen) atoms. The monoisotopic (exact) mass is 323 g/mol. The van der Waals surface area contributed by atoms with Crippen LogP contribution in [0.1, 0.15) is 50.4 Å². The van der Waals surface area contributed by atoms with Gasteiger partial charge < -0.3 is 0 Å². The van der Waals surface area contributed by atoms with Crippen LogP contribution in [0.25, 0.3) is 0 Å². The largest absolute Gasteiger partial charge is 0.295 e. The van der Waals surface area contributed by atoms with Crippen LogP contribution in [0.2, 0.25) is 0 Å². The van der Waals surface area contributed by atoms with Crippen molar-refractivity contribution < 1.29 is 4.79 Å². The van der Waals surface area contributed by atoms with Crippen molar-refractivity contribution in [1.29, 1.82) is 0 Å². The van der Waals surface area contributed by atoms with E-state index in [9.17, 15) is 4.79 Å². The summed E-state index contributed by atoms with van der Waals surface area (Å²) in [5, 5.41) is 0. The number of hydrogen-bond acceptors (Lipinski definition) is 2. The number of benzene rings is 1. The Kier molecular flexibility index (Phi) is 4.46. The van der Waals surface area contributed by atoms with E-state index >= 15 is 0 Å². The first-order valence-corrected chi connectivity index (χ1v) is 7.73. The van der Waals surface area contributed by atoms with E-state index in [-0.39, 0.29) is 11.3 Å². The average Bonchev–Trinajstić information content (AvgIpc) is 2.77. The van der Waals surface area contributed by atoms with E-state index in [0.717, 1.165) is 23.0 Å². The molecule has 1 fully saturated rings. The molecule has 0 bridgehead atoms. The van der Waals surface area contributed by atoms with Gasteiger partial charge in [0.15, 0.2) is 5.78 Å². The Morgan fingerprint density at radius 1 is 1.32 bits per heavy atom. The Labute approximate surface area is 124 Å². The molecule has 104 valence electrons. The standard InChI is InChI=1S/C16H22BrNO/c1-16(2,3)18-10-4-5-14(18)11-15(19)12-6-8-13(17)9-7-12/h6-9,14H,4-5,10-11H2,1-3H3. The molecule has 1 atom stereocenters. The van der Waals surface area contributed by atoms with E-state index in [2.05, 4.69) is 41.6 Å². The molecular weight excluding hydrogens is 302 g/mol. The van der Waals surface area contributed by atoms with E-state index in [1.807, 2.05) is 24.3 Å². The predicted molar refractivity (Wildman–Crippen MR) is 82.6 cm³/mol. The highest BCUT2D eigenvalue weighted by molar-refractivity contribution is 9.10. The molecule has 1 unspecified atom stereocenters. The zero-order chi connectivity index (χ0) is 14.0. The molecule has 3 heteroatoms. The summed E-state index contributed by atoms with van der Waals surface area (Å²) in [7, 11) is 0. The van der Waals surface area contributed by atoms with Crippen molar-refractivity contribution in [3.05, 3.63) is 34.3 Å². The molecule has 0 amide bonds. The van der Waals surface area contributed by atoms with Crippen molar-refractivity contribution >= 4 is 21.7 Å². The van der Waals surface area contributed by atoms with Gasteiger partial charge in [-0.05, 0) is 52.3 Å². The quantitative estimate of drug-likeness (QED) is 0.773. The molecule has 1 aliphatic rings. The summed E-state index contributed by atoms with van der Waals surface area (Å²) in [6, 6.07) is 8.08. The number of likely N-dealkylation sites (tertiary alicyclic amines) is 1. The fraction of sp³-hybridized carbons (Fsp3) is 0.562. The molecule has 0 saturated carbocycles. The van der Waals surface area contributed by atoms with Crippen LogP contribution < -0.4 is 0 Å². The SMILES string of the molecule is CC(C)(C)N1CCCC1CC(=O)c1ccc(Br)cc1. The summed E-state index contributed by atoms with van der Waals surface area (Å²) in [5.41, 5.74) is 0.977. The smallest absolute Gasteiger partial charge is 0.164 e. The first-order valence-electron chi connectivity index (χ1n) is 6.93. The maximum absolute atomic E-state index is 12.3. The summed E-state index contributed by atoms with van der Waals surface area (Å²) in [6.45, 7) is 7.81. The Morgan fingerprint density at radius 3 is 2.53 bits per heavy atom. The van der Waals surface area contributed by atoms with Crippen molar-refractivity contribution in [3.8, 4) is 0 Å². The summed E-state index contributed by atoms with van der Waals surface area (Å²) >= 11 is 3.40. The Morgan fingerprint density at radius 2 is 1.95 bits per heavy atom. The molecule has 0 spiro atoms. The highest BCUT2D eigenvalue weighted by atomic mass is 79.9. The minimum Gasteiger partial charge on any atom is -0.295 e. The van der Waals surface area contributed by atoms with Crippen LogP contribution in [0.4, 0.5) is 0 Å². The number of ketones is 1. The van der Waals surface area contributed by atoms with Crippen LogP contribution >= 0.6 is 15.9 Å². The van der Waals surface area contributed by atoms with Gasteiger partial charge in [0.25, 0.3) is 0 Å². The van der Waals surface area contributed by atoms with Gasteiger partial charge in [-0.25, -0.2) is 0 Å². The lowest BCUT2D eigenvalue weighted by Gasteiger charge is -2.36. The number of halogens is 1. The molecule has 1 heterocycles. The molecule has 0 N–H and O–H groups in total. The van der Waals surface area contributed by atoms with Crippen LogP contribution in [0.3, 0.4) is 0 Å². The van der Waals surface area contributed by atoms with Gasteiger partial charge in [-0.2, -0.15) is 0 Å². The fourth-order valence-electron chi connectivity index (χ4n) is 2.90. The first kappa shape index (κ1) is 14.7. The topological polar surface area (TPSA) is 20.3 Å². The van der Waals surface area contributed by atoms with Gasteiger partial charge in [-0.15, -0.1) is 0 Å².